The van der Waals surface area contributed by atoms with Gasteiger partial charge in [-0.25, -0.2) is 0 Å². The average Bonchev–Trinajstić information content (AvgIpc) is 3.22. The summed E-state index contributed by atoms with van der Waals surface area (Å²) in [6.45, 7) is 0. The molecule has 0 aromatic carbocycles. The molecule has 1 N–H and O–H groups in total. The van der Waals surface area contributed by atoms with Crippen LogP contribution in [0.2, 0.25) is 0 Å². The summed E-state index contributed by atoms with van der Waals surface area (Å²) in [4.78, 5) is 2.21. The summed E-state index contributed by atoms with van der Waals surface area (Å²) in [5.74, 6) is 0.632. The van der Waals surface area contributed by atoms with Crippen molar-refractivity contribution in [1.82, 2.24) is 0 Å². The topological polar surface area (TPSA) is 20.2 Å². The van der Waals surface area contributed by atoms with Gasteiger partial charge in [-0.2, -0.15) is 0 Å². The van der Waals surface area contributed by atoms with Crippen molar-refractivity contribution >= 4 is 22.7 Å². The fourth-order valence-corrected chi connectivity index (χ4v) is 6.69. The molecule has 0 aliphatic carbocycles. The highest BCUT2D eigenvalue weighted by Crippen LogP contribution is 2.48. The summed E-state index contributed by atoms with van der Waals surface area (Å²) in [6, 6.07) is 9.89. The number of nitrogens with zero attached hydrogens (tertiary/aromatic N) is 1. The van der Waals surface area contributed by atoms with Crippen molar-refractivity contribution in [2.24, 2.45) is 5.92 Å². The van der Waals surface area contributed by atoms with Crippen LogP contribution in [0.15, 0.2) is 35.0 Å². The van der Waals surface area contributed by atoms with Gasteiger partial charge in [0.05, 0.1) is 26.2 Å². The molecule has 24 heavy (non-hydrogen) atoms. The summed E-state index contributed by atoms with van der Waals surface area (Å²) in [7, 11) is 4.81. The molecule has 0 amide bonds. The lowest BCUT2D eigenvalue weighted by molar-refractivity contribution is -0.931. The number of rotatable bonds is 4. The van der Waals surface area contributed by atoms with Gasteiger partial charge in [-0.3, -0.25) is 0 Å². The summed E-state index contributed by atoms with van der Waals surface area (Å²) in [5.41, 5.74) is -0.791. The van der Waals surface area contributed by atoms with E-state index in [-0.39, 0.29) is 17.0 Å². The van der Waals surface area contributed by atoms with Gasteiger partial charge in [-0.15, -0.1) is 22.7 Å². The lowest BCUT2D eigenvalue weighted by atomic mass is 9.79. The van der Waals surface area contributed by atoms with Gasteiger partial charge in [0.15, 0.2) is 0 Å². The van der Waals surface area contributed by atoms with Crippen molar-refractivity contribution in [2.45, 2.75) is 49.8 Å². The van der Waals surface area contributed by atoms with Crippen molar-refractivity contribution in [3.63, 3.8) is 0 Å². The van der Waals surface area contributed by atoms with E-state index in [9.17, 15) is 5.11 Å². The van der Waals surface area contributed by atoms with E-state index < -0.39 is 5.60 Å². The number of fused-ring (bicyclic) bond motifs is 2. The normalized spacial score (nSPS) is 28.5. The fraction of sp³-hybridized carbons (Fsp3) is 0.579. The molecule has 0 unspecified atom stereocenters. The van der Waals surface area contributed by atoms with E-state index in [2.05, 4.69) is 49.1 Å². The maximum Gasteiger partial charge on any atom is 0.133 e. The van der Waals surface area contributed by atoms with Gasteiger partial charge in [0.1, 0.15) is 5.60 Å². The molecule has 0 saturated carbocycles. The highest BCUT2D eigenvalue weighted by Gasteiger charge is 2.50. The molecule has 2 saturated heterocycles. The van der Waals surface area contributed by atoms with E-state index in [1.165, 1.54) is 30.2 Å². The Hall–Kier alpha value is -0.200. The van der Waals surface area contributed by atoms with Gasteiger partial charge in [-0.1, -0.05) is 12.1 Å². The molecule has 2 aromatic heterocycles. The molecule has 2 aromatic rings. The van der Waals surface area contributed by atoms with Crippen LogP contribution in [0, 0.1) is 5.92 Å². The quantitative estimate of drug-likeness (QED) is 0.732. The smallest absolute Gasteiger partial charge is 0.133 e. The molecule has 2 aliphatic heterocycles. The van der Waals surface area contributed by atoms with E-state index in [1.807, 2.05) is 0 Å². The van der Waals surface area contributed by atoms with Crippen LogP contribution < -0.4 is 17.0 Å². The number of halogens is 1. The number of aliphatic hydroxyl groups is 1. The van der Waals surface area contributed by atoms with E-state index in [0.717, 1.165) is 28.3 Å². The summed E-state index contributed by atoms with van der Waals surface area (Å²) >= 11 is 3.37. The Morgan fingerprint density at radius 2 is 1.54 bits per heavy atom. The van der Waals surface area contributed by atoms with E-state index >= 15 is 0 Å². The molecular formula is C19H26BrNOS2. The van der Waals surface area contributed by atoms with Crippen LogP contribution in [0.25, 0.3) is 0 Å². The molecule has 2 fully saturated rings. The van der Waals surface area contributed by atoms with Gasteiger partial charge in [-0.05, 0) is 35.2 Å². The molecular weight excluding hydrogens is 402 g/mol. The Morgan fingerprint density at radius 1 is 1.04 bits per heavy atom. The van der Waals surface area contributed by atoms with Gasteiger partial charge in [0.25, 0.3) is 0 Å². The first-order valence-corrected chi connectivity index (χ1v) is 10.4. The highest BCUT2D eigenvalue weighted by molar-refractivity contribution is 7.11. The SMILES string of the molecule is C[N+]1(C)[C@@H]2CC[C@H]1C[C@@H](CC(O)(c1cccs1)c1cccs1)C2.[Br-]. The molecule has 2 aliphatic rings. The summed E-state index contributed by atoms with van der Waals surface area (Å²) in [5, 5.41) is 15.8. The monoisotopic (exact) mass is 427 g/mol. The Bertz CT molecular complexity index is 603. The molecule has 5 heteroatoms. The Balaban J connectivity index is 0.00000169. The number of quaternary nitrogens is 1. The summed E-state index contributed by atoms with van der Waals surface area (Å²) in [6.07, 6.45) is 6.14. The first kappa shape index (κ1) is 18.6. The van der Waals surface area contributed by atoms with Crippen molar-refractivity contribution in [3.8, 4) is 0 Å². The van der Waals surface area contributed by atoms with Gasteiger partial charge in [0.2, 0.25) is 0 Å². The number of thiophene rings is 2. The van der Waals surface area contributed by atoms with Gasteiger partial charge in [0, 0.05) is 35.4 Å². The van der Waals surface area contributed by atoms with Gasteiger partial charge < -0.3 is 26.6 Å². The molecule has 4 rings (SSSR count). The lowest BCUT2D eigenvalue weighted by Gasteiger charge is -2.45. The van der Waals surface area contributed by atoms with Crippen LogP contribution in [0.1, 0.15) is 41.9 Å². The van der Waals surface area contributed by atoms with Crippen molar-refractivity contribution in [3.05, 3.63) is 44.8 Å². The van der Waals surface area contributed by atoms with Crippen LogP contribution in [-0.4, -0.2) is 35.8 Å². The molecule has 2 nitrogen and oxygen atoms in total. The van der Waals surface area contributed by atoms with Crippen LogP contribution in [-0.2, 0) is 5.60 Å². The predicted octanol–water partition coefficient (Wildman–Crippen LogP) is 1.46. The zero-order valence-electron chi connectivity index (χ0n) is 14.3. The van der Waals surface area contributed by atoms with Crippen LogP contribution in [0.3, 0.4) is 0 Å². The van der Waals surface area contributed by atoms with Crippen LogP contribution in [0.4, 0.5) is 0 Å². The van der Waals surface area contributed by atoms with Crippen molar-refractivity contribution in [1.29, 1.82) is 0 Å². The first-order chi connectivity index (χ1) is 11.0. The summed E-state index contributed by atoms with van der Waals surface area (Å²) < 4.78 is 1.20. The minimum absolute atomic E-state index is 0. The second kappa shape index (κ2) is 6.84. The maximum atomic E-state index is 11.6. The lowest BCUT2D eigenvalue weighted by Crippen LogP contribution is -3.00. The fourth-order valence-electron chi connectivity index (χ4n) is 4.93. The molecule has 4 heterocycles. The molecule has 0 radical (unpaired) electrons. The third kappa shape index (κ3) is 3.03. The second-order valence-electron chi connectivity index (χ2n) is 7.87. The molecule has 0 spiro atoms. The predicted molar refractivity (Wildman–Crippen MR) is 97.9 cm³/mol. The van der Waals surface area contributed by atoms with Gasteiger partial charge >= 0.3 is 0 Å². The van der Waals surface area contributed by atoms with Crippen molar-refractivity contribution in [2.75, 3.05) is 14.1 Å². The average molecular weight is 428 g/mol. The zero-order chi connectivity index (χ0) is 16.1. The first-order valence-electron chi connectivity index (χ1n) is 8.64. The number of hydrogen-bond donors (Lipinski definition) is 1. The van der Waals surface area contributed by atoms with E-state index in [0.29, 0.717) is 5.92 Å². The Labute approximate surface area is 163 Å². The van der Waals surface area contributed by atoms with E-state index in [1.54, 1.807) is 22.7 Å². The number of hydrogen-bond acceptors (Lipinski definition) is 3. The van der Waals surface area contributed by atoms with Crippen molar-refractivity contribution < 1.29 is 26.6 Å². The number of piperidine rings is 1. The third-order valence-corrected chi connectivity index (χ3v) is 8.41. The molecule has 3 atom stereocenters. The zero-order valence-corrected chi connectivity index (χ0v) is 17.5. The maximum absolute atomic E-state index is 11.6. The molecule has 2 bridgehead atoms. The largest absolute Gasteiger partial charge is 1.00 e. The Kier molecular flexibility index (Phi) is 5.30. The minimum atomic E-state index is -0.791. The van der Waals surface area contributed by atoms with Crippen LogP contribution in [0.5, 0.6) is 0 Å². The Morgan fingerprint density at radius 3 is 1.96 bits per heavy atom. The molecule has 132 valence electrons. The minimum Gasteiger partial charge on any atom is -1.00 e. The van der Waals surface area contributed by atoms with Crippen LogP contribution >= 0.6 is 22.7 Å². The second-order valence-corrected chi connectivity index (χ2v) is 9.77. The highest BCUT2D eigenvalue weighted by atomic mass is 79.9. The third-order valence-electron chi connectivity index (χ3n) is 6.37. The van der Waals surface area contributed by atoms with E-state index in [4.69, 9.17) is 0 Å². The standard InChI is InChI=1S/C19H26NOS2.BrH/c1-20(2)15-7-8-16(20)12-14(11-15)13-19(21,17-5-3-9-22-17)18-6-4-10-23-18;/h3-6,9-10,14-16,21H,7-8,11-13H2,1-2H3;1H/q+1;/p-1/t14-,15+,16-;.